The van der Waals surface area contributed by atoms with Gasteiger partial charge in [-0.1, -0.05) is 35.2 Å². The molecule has 0 aliphatic heterocycles. The number of hydrogen-bond donors (Lipinski definition) is 3. The zero-order valence-corrected chi connectivity index (χ0v) is 16.2. The second-order valence-corrected chi connectivity index (χ2v) is 7.26. The van der Waals surface area contributed by atoms with Gasteiger partial charge in [0.2, 0.25) is 0 Å². The van der Waals surface area contributed by atoms with E-state index in [9.17, 15) is 13.6 Å². The van der Waals surface area contributed by atoms with E-state index in [4.69, 9.17) is 9.84 Å². The molecule has 0 atom stereocenters. The first-order valence-corrected chi connectivity index (χ1v) is 9.77. The van der Waals surface area contributed by atoms with Gasteiger partial charge in [-0.3, -0.25) is 0 Å². The number of rotatable bonds is 8. The summed E-state index contributed by atoms with van der Waals surface area (Å²) in [6.45, 7) is 0.467. The summed E-state index contributed by atoms with van der Waals surface area (Å²) in [4.78, 5) is 23.5. The molecule has 0 saturated heterocycles. The van der Waals surface area contributed by atoms with E-state index in [1.165, 1.54) is 30.6 Å². The molecule has 0 unspecified atom stereocenters. The quantitative estimate of drug-likeness (QED) is 0.285. The summed E-state index contributed by atoms with van der Waals surface area (Å²) >= 11 is 2.37. The van der Waals surface area contributed by atoms with Crippen molar-refractivity contribution in [2.75, 3.05) is 25.5 Å². The van der Waals surface area contributed by atoms with Crippen LogP contribution in [0.25, 0.3) is 10.3 Å². The first-order chi connectivity index (χ1) is 13.5. The summed E-state index contributed by atoms with van der Waals surface area (Å²) in [6, 6.07) is 3.99. The van der Waals surface area contributed by atoms with E-state index in [0.29, 0.717) is 33.1 Å². The molecule has 1 aromatic carbocycles. The minimum atomic E-state index is -1.12. The third-order valence-corrected chi connectivity index (χ3v) is 5.38. The highest BCUT2D eigenvalue weighted by molar-refractivity contribution is 7.98. The molecule has 0 radical (unpaired) electrons. The Bertz CT molecular complexity index is 1000. The van der Waals surface area contributed by atoms with Gasteiger partial charge >= 0.3 is 6.09 Å². The molecule has 148 valence electrons. The number of fused-ring (bicyclic) bond motifs is 1. The van der Waals surface area contributed by atoms with E-state index in [1.54, 1.807) is 0 Å². The van der Waals surface area contributed by atoms with Crippen LogP contribution in [0.4, 0.5) is 19.4 Å². The second-order valence-electron chi connectivity index (χ2n) is 5.35. The largest absolute Gasteiger partial charge is 0.473 e. The summed E-state index contributed by atoms with van der Waals surface area (Å²) in [7, 11) is 1.48. The molecule has 1 amide bonds. The Hall–Kier alpha value is -2.73. The van der Waals surface area contributed by atoms with Gasteiger partial charge in [0, 0.05) is 24.4 Å². The number of hydrogen-bond acceptors (Lipinski definition) is 8. The summed E-state index contributed by atoms with van der Waals surface area (Å²) in [6.07, 6.45) is -1.12. The molecular weight excluding hydrogens is 412 g/mol. The summed E-state index contributed by atoms with van der Waals surface area (Å²) < 4.78 is 33.0. The fraction of sp³-hybridized carbons (Fsp3) is 0.250. The Morgan fingerprint density at radius 3 is 2.86 bits per heavy atom. The monoisotopic (exact) mass is 427 g/mol. The summed E-state index contributed by atoms with van der Waals surface area (Å²) in [5.74, 6) is -1.21. The fourth-order valence-electron chi connectivity index (χ4n) is 2.21. The van der Waals surface area contributed by atoms with Crippen LogP contribution in [-0.2, 0) is 5.75 Å². The zero-order chi connectivity index (χ0) is 20.1. The zero-order valence-electron chi connectivity index (χ0n) is 14.5. The Morgan fingerprint density at radius 1 is 1.29 bits per heavy atom. The van der Waals surface area contributed by atoms with E-state index in [0.717, 1.165) is 17.8 Å². The maximum atomic E-state index is 13.8. The van der Waals surface area contributed by atoms with Gasteiger partial charge in [-0.2, -0.15) is 4.98 Å². The Kier molecular flexibility index (Phi) is 6.41. The van der Waals surface area contributed by atoms with Crippen molar-refractivity contribution >= 4 is 45.4 Å². The number of halogens is 2. The number of carboxylic acid groups (broad SMARTS) is 1. The lowest BCUT2D eigenvalue weighted by molar-refractivity contribution is 0.195. The Morgan fingerprint density at radius 2 is 2.11 bits per heavy atom. The van der Waals surface area contributed by atoms with Crippen LogP contribution in [0.3, 0.4) is 0 Å². The molecule has 28 heavy (non-hydrogen) atoms. The maximum absolute atomic E-state index is 13.8. The predicted molar refractivity (Wildman–Crippen MR) is 102 cm³/mol. The average molecular weight is 427 g/mol. The molecule has 12 heteroatoms. The number of ether oxygens (including phenoxy) is 1. The lowest BCUT2D eigenvalue weighted by atomic mass is 10.2. The number of nitrogens with one attached hydrogen (secondary N) is 2. The minimum Gasteiger partial charge on any atom is -0.473 e. The summed E-state index contributed by atoms with van der Waals surface area (Å²) in [5.41, 5.74) is 0.595. The van der Waals surface area contributed by atoms with Crippen molar-refractivity contribution in [3.63, 3.8) is 0 Å². The van der Waals surface area contributed by atoms with Gasteiger partial charge in [0.15, 0.2) is 28.3 Å². The minimum absolute atomic E-state index is 0.135. The number of carbonyl (C=O) groups is 1. The molecule has 3 N–H and O–H groups in total. The lowest BCUT2D eigenvalue weighted by Gasteiger charge is -2.08. The number of amides is 1. The first-order valence-electron chi connectivity index (χ1n) is 7.97. The third-order valence-electron chi connectivity index (χ3n) is 3.47. The van der Waals surface area contributed by atoms with Gasteiger partial charge in [0.1, 0.15) is 4.70 Å². The summed E-state index contributed by atoms with van der Waals surface area (Å²) in [5, 5.41) is 14.6. The van der Waals surface area contributed by atoms with Gasteiger partial charge < -0.3 is 20.5 Å². The average Bonchev–Trinajstić information content (AvgIpc) is 3.09. The number of thioether (sulfide) groups is 1. The van der Waals surface area contributed by atoms with E-state index < -0.39 is 17.7 Å². The Labute approximate surface area is 166 Å². The van der Waals surface area contributed by atoms with Crippen molar-refractivity contribution in [3.8, 4) is 5.19 Å². The number of thiazole rings is 1. The molecule has 0 saturated carbocycles. The van der Waals surface area contributed by atoms with Crippen molar-refractivity contribution in [2.24, 2.45) is 0 Å². The van der Waals surface area contributed by atoms with E-state index in [2.05, 4.69) is 25.6 Å². The number of methoxy groups -OCH3 is 1. The molecule has 3 aromatic rings. The molecule has 3 rings (SSSR count). The molecular formula is C16H15F2N5O3S2. The molecule has 8 nitrogen and oxygen atoms in total. The normalized spacial score (nSPS) is 10.8. The number of anilines is 1. The van der Waals surface area contributed by atoms with Gasteiger partial charge in [0.25, 0.3) is 5.19 Å². The highest BCUT2D eigenvalue weighted by atomic mass is 32.2. The van der Waals surface area contributed by atoms with E-state index in [-0.39, 0.29) is 17.9 Å². The SMILES string of the molecule is COc1nc2nc(SCc3cccc(F)c3F)nc(NCCNC(=O)O)c2s1. The topological polar surface area (TPSA) is 109 Å². The standard InChI is InChI=1S/C16H15F2N5O3S2/c1-26-16-23-13-11(28-16)12(19-5-6-20-15(24)25)21-14(22-13)27-7-8-3-2-4-9(17)10(8)18/h2-4,20H,5-7H2,1H3,(H,24,25)(H,19,21,22). The molecule has 0 spiro atoms. The third kappa shape index (κ3) is 4.75. The molecule has 0 aliphatic rings. The molecule has 0 aliphatic carbocycles. The molecule has 2 heterocycles. The van der Waals surface area contributed by atoms with Crippen LogP contribution >= 0.6 is 23.1 Å². The van der Waals surface area contributed by atoms with Crippen LogP contribution in [0.5, 0.6) is 5.19 Å². The van der Waals surface area contributed by atoms with Crippen molar-refractivity contribution in [2.45, 2.75) is 10.9 Å². The second kappa shape index (κ2) is 8.97. The van der Waals surface area contributed by atoms with Crippen molar-refractivity contribution in [1.29, 1.82) is 0 Å². The Balaban J connectivity index is 1.81. The smallest absolute Gasteiger partial charge is 0.404 e. The number of nitrogens with zero attached hydrogens (tertiary/aromatic N) is 3. The predicted octanol–water partition coefficient (Wildman–Crippen LogP) is 3.34. The van der Waals surface area contributed by atoms with Crippen LogP contribution < -0.4 is 15.4 Å². The molecule has 0 fully saturated rings. The highest BCUT2D eigenvalue weighted by Gasteiger charge is 2.15. The fourth-order valence-corrected chi connectivity index (χ4v) is 3.81. The van der Waals surface area contributed by atoms with E-state index in [1.807, 2.05) is 0 Å². The number of benzene rings is 1. The van der Waals surface area contributed by atoms with Crippen molar-refractivity contribution in [1.82, 2.24) is 20.3 Å². The van der Waals surface area contributed by atoms with E-state index >= 15 is 0 Å². The van der Waals surface area contributed by atoms with Gasteiger partial charge in [-0.15, -0.1) is 0 Å². The van der Waals surface area contributed by atoms with Crippen LogP contribution in [0, 0.1) is 11.6 Å². The molecule has 0 bridgehead atoms. The van der Waals surface area contributed by atoms with Gasteiger partial charge in [-0.25, -0.2) is 23.5 Å². The van der Waals surface area contributed by atoms with Crippen LogP contribution in [0.1, 0.15) is 5.56 Å². The van der Waals surface area contributed by atoms with Gasteiger partial charge in [-0.05, 0) is 6.07 Å². The van der Waals surface area contributed by atoms with Crippen LogP contribution in [0.15, 0.2) is 23.4 Å². The maximum Gasteiger partial charge on any atom is 0.404 e. The molecule has 2 aromatic heterocycles. The van der Waals surface area contributed by atoms with Crippen LogP contribution in [-0.4, -0.2) is 46.4 Å². The lowest BCUT2D eigenvalue weighted by Crippen LogP contribution is -2.27. The first kappa shape index (κ1) is 20.0. The van der Waals surface area contributed by atoms with Crippen molar-refractivity contribution in [3.05, 3.63) is 35.4 Å². The number of aromatic nitrogens is 3. The highest BCUT2D eigenvalue weighted by Crippen LogP contribution is 2.33. The van der Waals surface area contributed by atoms with Gasteiger partial charge in [0.05, 0.1) is 7.11 Å². The van der Waals surface area contributed by atoms with Crippen molar-refractivity contribution < 1.29 is 23.4 Å². The van der Waals surface area contributed by atoms with Crippen LogP contribution in [0.2, 0.25) is 0 Å².